The maximum atomic E-state index is 12.1. The van der Waals surface area contributed by atoms with Crippen LogP contribution in [0.5, 0.6) is 0 Å². The minimum Gasteiger partial charge on any atom is -0.465 e. The van der Waals surface area contributed by atoms with E-state index in [-0.39, 0.29) is 17.0 Å². The Hall–Kier alpha value is -2.75. The van der Waals surface area contributed by atoms with Crippen molar-refractivity contribution in [3.05, 3.63) is 61.4 Å². The number of H-pyrrole nitrogens is 1. The lowest BCUT2D eigenvalue weighted by molar-refractivity contribution is -0.115. The van der Waals surface area contributed by atoms with Gasteiger partial charge in [0.2, 0.25) is 5.56 Å². The fraction of sp³-hybridized carbons (Fsp3) is 0.0526. The van der Waals surface area contributed by atoms with Crippen LogP contribution in [0.4, 0.5) is 0 Å². The normalized spacial score (nSPS) is 15.2. The SMILES string of the molecule is COC(=O)c1cc(=O)[nH]c2ccc(-c3csc(C=C4SC(=S)NC4=O)c3)cc12. The Bertz CT molecular complexity index is 1240. The first-order chi connectivity index (χ1) is 13.4. The van der Waals surface area contributed by atoms with E-state index in [1.54, 1.807) is 12.1 Å². The van der Waals surface area contributed by atoms with Gasteiger partial charge in [0.25, 0.3) is 5.91 Å². The number of thiocarbonyl (C=S) groups is 1. The number of carbonyl (C=O) groups excluding carboxylic acids is 2. The topological polar surface area (TPSA) is 88.3 Å². The highest BCUT2D eigenvalue weighted by Crippen LogP contribution is 2.32. The van der Waals surface area contributed by atoms with Gasteiger partial charge in [0.15, 0.2) is 0 Å². The second kappa shape index (κ2) is 7.34. The van der Waals surface area contributed by atoms with Gasteiger partial charge in [-0.25, -0.2) is 4.79 Å². The number of carbonyl (C=O) groups is 2. The molecule has 2 N–H and O–H groups in total. The van der Waals surface area contributed by atoms with Crippen molar-refractivity contribution in [2.24, 2.45) is 0 Å². The highest BCUT2D eigenvalue weighted by molar-refractivity contribution is 8.26. The van der Waals surface area contributed by atoms with Crippen molar-refractivity contribution in [3.8, 4) is 11.1 Å². The Balaban J connectivity index is 1.75. The molecule has 9 heteroatoms. The molecule has 0 unspecified atom stereocenters. The van der Waals surface area contributed by atoms with Crippen LogP contribution in [-0.4, -0.2) is 28.3 Å². The van der Waals surface area contributed by atoms with Gasteiger partial charge in [0.05, 0.1) is 17.6 Å². The number of thioether (sulfide) groups is 1. The maximum absolute atomic E-state index is 12.1. The first-order valence-corrected chi connectivity index (χ1v) is 10.1. The van der Waals surface area contributed by atoms with E-state index in [1.165, 1.54) is 36.3 Å². The van der Waals surface area contributed by atoms with Gasteiger partial charge in [-0.05, 0) is 40.8 Å². The zero-order valence-electron chi connectivity index (χ0n) is 14.4. The predicted molar refractivity (Wildman–Crippen MR) is 116 cm³/mol. The van der Waals surface area contributed by atoms with Gasteiger partial charge in [0, 0.05) is 21.8 Å². The van der Waals surface area contributed by atoms with Crippen LogP contribution in [-0.2, 0) is 9.53 Å². The summed E-state index contributed by atoms with van der Waals surface area (Å²) in [5, 5.41) is 5.16. The molecule has 3 aromatic rings. The zero-order valence-corrected chi connectivity index (χ0v) is 16.8. The summed E-state index contributed by atoms with van der Waals surface area (Å²) in [6.45, 7) is 0. The number of thiophene rings is 1. The number of aromatic amines is 1. The number of ether oxygens (including phenoxy) is 1. The van der Waals surface area contributed by atoms with E-state index in [1.807, 2.05) is 23.6 Å². The molecule has 140 valence electrons. The molecule has 2 aromatic heterocycles. The van der Waals surface area contributed by atoms with Crippen molar-refractivity contribution in [1.82, 2.24) is 10.3 Å². The molecule has 0 atom stereocenters. The number of amides is 1. The van der Waals surface area contributed by atoms with Gasteiger partial charge in [-0.1, -0.05) is 30.0 Å². The summed E-state index contributed by atoms with van der Waals surface area (Å²) in [5.74, 6) is -0.758. The van der Waals surface area contributed by atoms with Gasteiger partial charge in [-0.15, -0.1) is 11.3 Å². The third-order valence-electron chi connectivity index (χ3n) is 4.12. The Labute approximate surface area is 172 Å². The second-order valence-corrected chi connectivity index (χ2v) is 8.55. The van der Waals surface area contributed by atoms with E-state index in [4.69, 9.17) is 17.0 Å². The third-order valence-corrected chi connectivity index (χ3v) is 6.16. The summed E-state index contributed by atoms with van der Waals surface area (Å²) in [6, 6.07) is 8.65. The van der Waals surface area contributed by atoms with E-state index >= 15 is 0 Å². The number of nitrogens with one attached hydrogen (secondary N) is 2. The van der Waals surface area contributed by atoms with Crippen LogP contribution >= 0.6 is 35.3 Å². The van der Waals surface area contributed by atoms with Crippen molar-refractivity contribution >= 4 is 68.5 Å². The number of hydrogen-bond acceptors (Lipinski definition) is 7. The van der Waals surface area contributed by atoms with Gasteiger partial charge >= 0.3 is 5.97 Å². The molecule has 1 aliphatic rings. The predicted octanol–water partition coefficient (Wildman–Crippen LogP) is 3.53. The number of benzene rings is 1. The highest BCUT2D eigenvalue weighted by atomic mass is 32.2. The first kappa shape index (κ1) is 18.6. The van der Waals surface area contributed by atoms with Crippen molar-refractivity contribution in [1.29, 1.82) is 0 Å². The lowest BCUT2D eigenvalue weighted by Crippen LogP contribution is -2.17. The van der Waals surface area contributed by atoms with Crippen LogP contribution in [0.3, 0.4) is 0 Å². The van der Waals surface area contributed by atoms with Crippen molar-refractivity contribution in [3.63, 3.8) is 0 Å². The van der Waals surface area contributed by atoms with Gasteiger partial charge in [-0.3, -0.25) is 9.59 Å². The van der Waals surface area contributed by atoms with E-state index in [2.05, 4.69) is 10.3 Å². The van der Waals surface area contributed by atoms with Crippen LogP contribution in [0.2, 0.25) is 0 Å². The summed E-state index contributed by atoms with van der Waals surface area (Å²) in [5.41, 5.74) is 2.22. The van der Waals surface area contributed by atoms with E-state index in [0.717, 1.165) is 16.0 Å². The Morgan fingerprint density at radius 2 is 2.00 bits per heavy atom. The molecule has 1 aliphatic heterocycles. The minimum atomic E-state index is -0.566. The molecule has 1 saturated heterocycles. The van der Waals surface area contributed by atoms with Crippen molar-refractivity contribution in [2.75, 3.05) is 7.11 Å². The molecule has 1 fully saturated rings. The van der Waals surface area contributed by atoms with Crippen molar-refractivity contribution in [2.45, 2.75) is 0 Å². The summed E-state index contributed by atoms with van der Waals surface area (Å²) in [6.07, 6.45) is 1.80. The number of hydrogen-bond donors (Lipinski definition) is 2. The molecule has 3 heterocycles. The first-order valence-electron chi connectivity index (χ1n) is 8.04. The Morgan fingerprint density at radius 3 is 2.71 bits per heavy atom. The monoisotopic (exact) mass is 428 g/mol. The summed E-state index contributed by atoms with van der Waals surface area (Å²) < 4.78 is 5.24. The van der Waals surface area contributed by atoms with E-state index < -0.39 is 5.97 Å². The number of methoxy groups -OCH3 is 1. The number of rotatable bonds is 3. The fourth-order valence-electron chi connectivity index (χ4n) is 2.84. The van der Waals surface area contributed by atoms with Crippen LogP contribution in [0.15, 0.2) is 45.4 Å². The largest absolute Gasteiger partial charge is 0.465 e. The zero-order chi connectivity index (χ0) is 19.8. The molecule has 6 nitrogen and oxygen atoms in total. The lowest BCUT2D eigenvalue weighted by Gasteiger charge is -2.06. The van der Waals surface area contributed by atoms with Gasteiger partial charge in [0.1, 0.15) is 4.32 Å². The minimum absolute atomic E-state index is 0.192. The van der Waals surface area contributed by atoms with Crippen molar-refractivity contribution < 1.29 is 14.3 Å². The number of pyridine rings is 1. The molecule has 1 amide bonds. The summed E-state index contributed by atoms with van der Waals surface area (Å²) in [7, 11) is 1.28. The maximum Gasteiger partial charge on any atom is 0.338 e. The van der Waals surface area contributed by atoms with Crippen LogP contribution in [0.1, 0.15) is 15.2 Å². The molecule has 0 saturated carbocycles. The lowest BCUT2D eigenvalue weighted by atomic mass is 10.0. The van der Waals surface area contributed by atoms with Gasteiger partial charge < -0.3 is 15.0 Å². The summed E-state index contributed by atoms with van der Waals surface area (Å²) >= 11 is 7.73. The third kappa shape index (κ3) is 3.51. The van der Waals surface area contributed by atoms with E-state index in [9.17, 15) is 14.4 Å². The van der Waals surface area contributed by atoms with Gasteiger partial charge in [-0.2, -0.15) is 0 Å². The molecule has 4 rings (SSSR count). The Morgan fingerprint density at radius 1 is 1.18 bits per heavy atom. The molecule has 0 spiro atoms. The molecule has 1 aromatic carbocycles. The number of fused-ring (bicyclic) bond motifs is 1. The van der Waals surface area contributed by atoms with E-state index in [0.29, 0.717) is 20.1 Å². The van der Waals surface area contributed by atoms with Crippen LogP contribution in [0.25, 0.3) is 28.1 Å². The number of aromatic nitrogens is 1. The second-order valence-electron chi connectivity index (χ2n) is 5.89. The quantitative estimate of drug-likeness (QED) is 0.377. The molecule has 0 aliphatic carbocycles. The summed E-state index contributed by atoms with van der Waals surface area (Å²) in [4.78, 5) is 39.8. The average Bonchev–Trinajstić information content (AvgIpc) is 3.26. The fourth-order valence-corrected chi connectivity index (χ4v) is 4.80. The molecule has 0 bridgehead atoms. The average molecular weight is 429 g/mol. The molecular formula is C19H12N2O4S3. The molecule has 0 radical (unpaired) electrons. The smallest absolute Gasteiger partial charge is 0.338 e. The van der Waals surface area contributed by atoms with Crippen LogP contribution < -0.4 is 10.9 Å². The molecule has 28 heavy (non-hydrogen) atoms. The standard InChI is InChI=1S/C19H12N2O4S3/c1-25-18(24)13-7-16(22)20-14-3-2-9(5-12(13)14)10-4-11(27-8-10)6-15-17(23)21-19(26)28-15/h2-8H,1H3,(H,20,22)(H,21,23,26). The molecular weight excluding hydrogens is 416 g/mol. The highest BCUT2D eigenvalue weighted by Gasteiger charge is 2.22. The van der Waals surface area contributed by atoms with Crippen LogP contribution in [0, 0.1) is 0 Å². The number of esters is 1. The Kier molecular flexibility index (Phi) is 4.88.